The fourth-order valence-electron chi connectivity index (χ4n) is 0.785. The zero-order valence-corrected chi connectivity index (χ0v) is 7.42. The Kier molecular flexibility index (Phi) is 3.61. The van der Waals surface area contributed by atoms with E-state index < -0.39 is 0 Å². The molecule has 1 aromatic rings. The molecule has 1 aromatic carbocycles. The summed E-state index contributed by atoms with van der Waals surface area (Å²) < 4.78 is 3.32. The van der Waals surface area contributed by atoms with Crippen LogP contribution in [0, 0.1) is 11.5 Å². The molecule has 0 saturated carbocycles. The largest absolute Gasteiger partial charge is 0.324 e. The van der Waals surface area contributed by atoms with E-state index in [2.05, 4.69) is 15.1 Å². The molecule has 0 unspecified atom stereocenters. The van der Waals surface area contributed by atoms with Crippen LogP contribution in [0.25, 0.3) is 0 Å². The third kappa shape index (κ3) is 3.01. The normalized spacial score (nSPS) is 10.3. The van der Waals surface area contributed by atoms with Crippen LogP contribution in [0.5, 0.6) is 0 Å². The first kappa shape index (κ1) is 9.36. The van der Waals surface area contributed by atoms with E-state index in [1.807, 2.05) is 30.3 Å². The first-order chi connectivity index (χ1) is 6.36. The maximum Gasteiger partial charge on any atom is 0.226 e. The summed E-state index contributed by atoms with van der Waals surface area (Å²) in [7, 11) is 0. The average molecular weight is 195 g/mol. The summed E-state index contributed by atoms with van der Waals surface area (Å²) in [6.07, 6.45) is 1.71. The minimum absolute atomic E-state index is 0.204. The molecular weight excluding hydrogens is 188 g/mol. The second kappa shape index (κ2) is 5.01. The van der Waals surface area contributed by atoms with Crippen LogP contribution in [-0.4, -0.2) is 5.96 Å². The van der Waals surface area contributed by atoms with Crippen molar-refractivity contribution in [2.24, 2.45) is 4.51 Å². The molecule has 4 nitrogen and oxygen atoms in total. The van der Waals surface area contributed by atoms with Crippen LogP contribution in [0.1, 0.15) is 0 Å². The van der Waals surface area contributed by atoms with Crippen molar-refractivity contribution in [1.82, 2.24) is 5.32 Å². The van der Waals surface area contributed by atoms with E-state index in [4.69, 9.17) is 17.0 Å². The monoisotopic (exact) mass is 194 g/mol. The van der Waals surface area contributed by atoms with Gasteiger partial charge < -0.3 is 5.32 Å². The third-order valence-corrected chi connectivity index (χ3v) is 1.46. The van der Waals surface area contributed by atoms with E-state index in [9.17, 15) is 0 Å². The summed E-state index contributed by atoms with van der Waals surface area (Å²) >= 11 is 5.21. The number of anilines is 1. The molecule has 0 aliphatic rings. The van der Waals surface area contributed by atoms with Gasteiger partial charge in [-0.15, -0.1) is 4.51 Å². The fraction of sp³-hybridized carbons (Fsp3) is 0. The van der Waals surface area contributed by atoms with Gasteiger partial charge in [-0.25, -0.2) is 0 Å². The number of nitrogens with one attached hydrogen (secondary N) is 2. The molecule has 0 radical (unpaired) electrons. The predicted molar refractivity (Wildman–Crippen MR) is 52.1 cm³/mol. The lowest BCUT2D eigenvalue weighted by atomic mass is 10.3. The summed E-state index contributed by atoms with van der Waals surface area (Å²) in [5.74, 6) is 0.204. The van der Waals surface area contributed by atoms with Crippen molar-refractivity contribution in [3.8, 4) is 6.19 Å². The minimum Gasteiger partial charge on any atom is -0.324 e. The Morgan fingerprint density at radius 3 is 2.62 bits per heavy atom. The van der Waals surface area contributed by atoms with Crippen LogP contribution >= 0.6 is 11.8 Å². The Labute approximate surface area is 81.0 Å². The van der Waals surface area contributed by atoms with E-state index in [0.717, 1.165) is 5.69 Å². The average Bonchev–Trinajstić information content (AvgIpc) is 2.19. The number of halogens is 1. The van der Waals surface area contributed by atoms with Crippen molar-refractivity contribution in [1.29, 1.82) is 5.26 Å². The Morgan fingerprint density at radius 1 is 1.38 bits per heavy atom. The summed E-state index contributed by atoms with van der Waals surface area (Å²) in [6, 6.07) is 9.28. The lowest BCUT2D eigenvalue weighted by Gasteiger charge is -2.04. The van der Waals surface area contributed by atoms with Crippen LogP contribution in [0.3, 0.4) is 0 Å². The molecule has 2 N–H and O–H groups in total. The lowest BCUT2D eigenvalue weighted by Crippen LogP contribution is -2.25. The summed E-state index contributed by atoms with van der Waals surface area (Å²) in [4.78, 5) is 0. The van der Waals surface area contributed by atoms with Gasteiger partial charge in [-0.1, -0.05) is 18.2 Å². The van der Waals surface area contributed by atoms with E-state index >= 15 is 0 Å². The lowest BCUT2D eigenvalue weighted by molar-refractivity contribution is 1.25. The highest BCUT2D eigenvalue weighted by Crippen LogP contribution is 2.04. The van der Waals surface area contributed by atoms with Gasteiger partial charge in [0.2, 0.25) is 5.96 Å². The molecule has 0 aliphatic carbocycles. The van der Waals surface area contributed by atoms with Gasteiger partial charge in [0.05, 0.1) is 0 Å². The number of guanidine groups is 1. The Hall–Kier alpha value is -1.73. The summed E-state index contributed by atoms with van der Waals surface area (Å²) in [6.45, 7) is 0. The fourth-order valence-corrected chi connectivity index (χ4v) is 0.869. The molecule has 0 heterocycles. The number of para-hydroxylation sites is 1. The minimum atomic E-state index is 0.204. The maximum atomic E-state index is 8.31. The number of benzene rings is 1. The Bertz CT molecular complexity index is 328. The van der Waals surface area contributed by atoms with Crippen molar-refractivity contribution >= 4 is 23.4 Å². The zero-order valence-electron chi connectivity index (χ0n) is 6.66. The van der Waals surface area contributed by atoms with Crippen LogP contribution in [-0.2, 0) is 0 Å². The third-order valence-electron chi connectivity index (χ3n) is 1.30. The van der Waals surface area contributed by atoms with Gasteiger partial charge >= 0.3 is 0 Å². The molecule has 0 aromatic heterocycles. The zero-order chi connectivity index (χ0) is 9.52. The number of nitriles is 1. The molecule has 0 amide bonds. The second-order valence-corrected chi connectivity index (χ2v) is 2.33. The highest BCUT2D eigenvalue weighted by molar-refractivity contribution is 6.21. The molecule has 0 saturated heterocycles. The van der Waals surface area contributed by atoms with Crippen molar-refractivity contribution in [3.05, 3.63) is 30.3 Å². The van der Waals surface area contributed by atoms with Crippen molar-refractivity contribution in [2.75, 3.05) is 5.32 Å². The summed E-state index contributed by atoms with van der Waals surface area (Å²) in [5, 5.41) is 13.4. The molecule has 5 heteroatoms. The summed E-state index contributed by atoms with van der Waals surface area (Å²) in [5.41, 5.74) is 0.810. The first-order valence-electron chi connectivity index (χ1n) is 3.53. The standard InChI is InChI=1S/C8H7ClN4/c9-13-8(11-6-10)12-7-4-2-1-3-5-7/h1-5H,(H2,11,12,13). The smallest absolute Gasteiger partial charge is 0.226 e. The molecule has 1 rings (SSSR count). The van der Waals surface area contributed by atoms with E-state index in [1.54, 1.807) is 6.19 Å². The van der Waals surface area contributed by atoms with Gasteiger partial charge in [0, 0.05) is 17.5 Å². The van der Waals surface area contributed by atoms with Crippen LogP contribution in [0.15, 0.2) is 34.8 Å². The van der Waals surface area contributed by atoms with Gasteiger partial charge in [-0.05, 0) is 12.1 Å². The van der Waals surface area contributed by atoms with Gasteiger partial charge in [0.25, 0.3) is 0 Å². The molecule has 66 valence electrons. The molecule has 0 bridgehead atoms. The van der Waals surface area contributed by atoms with E-state index in [1.165, 1.54) is 0 Å². The Morgan fingerprint density at radius 2 is 2.08 bits per heavy atom. The van der Waals surface area contributed by atoms with Crippen molar-refractivity contribution in [2.45, 2.75) is 0 Å². The highest BCUT2D eigenvalue weighted by Gasteiger charge is 1.96. The topological polar surface area (TPSA) is 60.2 Å². The van der Waals surface area contributed by atoms with Crippen molar-refractivity contribution in [3.63, 3.8) is 0 Å². The van der Waals surface area contributed by atoms with Gasteiger partial charge in [0.15, 0.2) is 6.19 Å². The molecule has 0 aliphatic heterocycles. The van der Waals surface area contributed by atoms with Crippen LogP contribution < -0.4 is 10.6 Å². The number of rotatable bonds is 1. The van der Waals surface area contributed by atoms with Gasteiger partial charge in [-0.2, -0.15) is 5.26 Å². The second-order valence-electron chi connectivity index (χ2n) is 2.16. The van der Waals surface area contributed by atoms with E-state index in [0.29, 0.717) is 0 Å². The maximum absolute atomic E-state index is 8.31. The Balaban J connectivity index is 2.64. The van der Waals surface area contributed by atoms with Crippen LogP contribution in [0.2, 0.25) is 0 Å². The quantitative estimate of drug-likeness (QED) is 0.310. The molecule has 0 spiro atoms. The molecule has 13 heavy (non-hydrogen) atoms. The predicted octanol–water partition coefficient (Wildman–Crippen LogP) is 1.68. The molecule has 0 atom stereocenters. The number of hydrogen-bond acceptors (Lipinski definition) is 2. The van der Waals surface area contributed by atoms with Gasteiger partial charge in [0.1, 0.15) is 0 Å². The number of hydrogen-bond donors (Lipinski definition) is 2. The van der Waals surface area contributed by atoms with Gasteiger partial charge in [-0.3, -0.25) is 5.32 Å². The SMILES string of the molecule is N#CNC(=NCl)Nc1ccccc1. The van der Waals surface area contributed by atoms with Crippen molar-refractivity contribution < 1.29 is 0 Å². The van der Waals surface area contributed by atoms with Crippen LogP contribution in [0.4, 0.5) is 5.69 Å². The molecular formula is C8H7ClN4. The first-order valence-corrected chi connectivity index (χ1v) is 3.86. The molecule has 0 fully saturated rings. The van der Waals surface area contributed by atoms with E-state index in [-0.39, 0.29) is 5.96 Å². The number of nitrogens with zero attached hydrogens (tertiary/aromatic N) is 2. The highest BCUT2D eigenvalue weighted by atomic mass is 35.5.